The van der Waals surface area contributed by atoms with Crippen molar-refractivity contribution >= 4 is 70.1 Å². The van der Waals surface area contributed by atoms with Gasteiger partial charge in [-0.1, -0.05) is 5.16 Å². The highest BCUT2D eigenvalue weighted by Gasteiger charge is 2.54. The van der Waals surface area contributed by atoms with Crippen LogP contribution < -0.4 is 11.1 Å². The molecule has 0 radical (unpaired) electrons. The first-order chi connectivity index (χ1) is 16.0. The fraction of sp³-hybridized carbons (Fsp3) is 0.500. The van der Waals surface area contributed by atoms with E-state index in [4.69, 9.17) is 20.0 Å². The Kier molecular flexibility index (Phi) is 9.14. The van der Waals surface area contributed by atoms with Crippen molar-refractivity contribution in [3.05, 3.63) is 22.3 Å². The van der Waals surface area contributed by atoms with Crippen LogP contribution in [0.25, 0.3) is 0 Å². The molecule has 1 saturated heterocycles. The number of β-lactam (4-membered cyclic amide) rings is 1. The van der Waals surface area contributed by atoms with E-state index in [-0.39, 0.29) is 34.6 Å². The number of nitrogens with one attached hydrogen (secondary N) is 1. The van der Waals surface area contributed by atoms with Crippen LogP contribution in [-0.4, -0.2) is 70.4 Å². The molecule has 3 N–H and O–H groups in total. The van der Waals surface area contributed by atoms with Gasteiger partial charge in [0.1, 0.15) is 29.9 Å². The van der Waals surface area contributed by atoms with E-state index in [1.54, 1.807) is 33.1 Å². The molecule has 0 bridgehead atoms. The summed E-state index contributed by atoms with van der Waals surface area (Å²) in [7, 11) is 1.28. The summed E-state index contributed by atoms with van der Waals surface area (Å²) in [5.41, 5.74) is 5.67. The monoisotopic (exact) mass is 547 g/mol. The molecule has 0 spiro atoms. The molecule has 3 heterocycles. The van der Waals surface area contributed by atoms with Gasteiger partial charge in [0.25, 0.3) is 11.8 Å². The standard InChI is InChI=1S/C20H25N5O7S2.ClH/c1-9-6-33-16-12(23-14(26)11(24-30-5)10-7-34-19(21)22-10)15(27)25(16)13(9)17(28)31-8-32-18(29)20(2,3)4;/h7,12,16H,6,8H2,1-5H3,(H2,21,22)(H,23,26);1H/b24-11-;. The van der Waals surface area contributed by atoms with Gasteiger partial charge in [0.2, 0.25) is 6.79 Å². The summed E-state index contributed by atoms with van der Waals surface area (Å²) >= 11 is 2.52. The predicted octanol–water partition coefficient (Wildman–Crippen LogP) is 1.26. The van der Waals surface area contributed by atoms with Gasteiger partial charge in [0, 0.05) is 11.1 Å². The first kappa shape index (κ1) is 28.4. The highest BCUT2D eigenvalue weighted by Crippen LogP contribution is 2.40. The zero-order valence-electron chi connectivity index (χ0n) is 19.6. The molecule has 12 nitrogen and oxygen atoms in total. The van der Waals surface area contributed by atoms with Crippen LogP contribution in [0.5, 0.6) is 0 Å². The lowest BCUT2D eigenvalue weighted by atomic mass is 9.98. The number of carbonyl (C=O) groups is 4. The minimum absolute atomic E-state index is 0. The average molecular weight is 548 g/mol. The number of thioether (sulfide) groups is 1. The molecule has 1 fully saturated rings. The summed E-state index contributed by atoms with van der Waals surface area (Å²) < 4.78 is 10.0. The lowest BCUT2D eigenvalue weighted by Gasteiger charge is -2.49. The van der Waals surface area contributed by atoms with Crippen molar-refractivity contribution in [3.63, 3.8) is 0 Å². The molecule has 1 aromatic rings. The van der Waals surface area contributed by atoms with Crippen LogP contribution in [0.3, 0.4) is 0 Å². The summed E-state index contributed by atoms with van der Waals surface area (Å²) in [6.07, 6.45) is 0. The number of carbonyl (C=O) groups excluding carboxylic acids is 4. The molecule has 35 heavy (non-hydrogen) atoms. The number of halogens is 1. The second-order valence-electron chi connectivity index (χ2n) is 8.41. The number of nitrogens with two attached hydrogens (primary N) is 1. The summed E-state index contributed by atoms with van der Waals surface area (Å²) in [4.78, 5) is 60.3. The SMILES string of the molecule is CO/N=C(\C(=O)NC1C(=O)N2C(C(=O)OCOC(=O)C(C)(C)C)=C(C)CSC12)c1csc(N)n1.Cl. The van der Waals surface area contributed by atoms with Crippen LogP contribution in [-0.2, 0) is 33.5 Å². The highest BCUT2D eigenvalue weighted by molar-refractivity contribution is 8.00. The Morgan fingerprint density at radius 2 is 2.00 bits per heavy atom. The van der Waals surface area contributed by atoms with Crippen molar-refractivity contribution in [1.82, 2.24) is 15.2 Å². The van der Waals surface area contributed by atoms with Crippen molar-refractivity contribution in [2.24, 2.45) is 10.6 Å². The first-order valence-corrected chi connectivity index (χ1v) is 12.0. The number of thiazole rings is 1. The van der Waals surface area contributed by atoms with Crippen molar-refractivity contribution in [2.45, 2.75) is 39.1 Å². The minimum atomic E-state index is -0.898. The second-order valence-corrected chi connectivity index (χ2v) is 10.4. The fourth-order valence-electron chi connectivity index (χ4n) is 3.09. The van der Waals surface area contributed by atoms with Crippen LogP contribution in [0.1, 0.15) is 33.4 Å². The van der Waals surface area contributed by atoms with E-state index >= 15 is 0 Å². The zero-order chi connectivity index (χ0) is 25.2. The number of ether oxygens (including phenoxy) is 2. The number of amides is 2. The summed E-state index contributed by atoms with van der Waals surface area (Å²) in [6, 6.07) is -0.898. The van der Waals surface area contributed by atoms with Crippen molar-refractivity contribution in [3.8, 4) is 0 Å². The van der Waals surface area contributed by atoms with Gasteiger partial charge < -0.3 is 25.4 Å². The second kappa shape index (κ2) is 11.3. The number of hydrogen-bond donors (Lipinski definition) is 2. The number of rotatable bonds is 7. The van der Waals surface area contributed by atoms with E-state index in [1.807, 2.05) is 0 Å². The Morgan fingerprint density at radius 3 is 2.57 bits per heavy atom. The van der Waals surface area contributed by atoms with Gasteiger partial charge in [-0.05, 0) is 33.3 Å². The van der Waals surface area contributed by atoms with Crippen LogP contribution in [0.4, 0.5) is 5.13 Å². The molecule has 2 amide bonds. The van der Waals surface area contributed by atoms with Gasteiger partial charge in [-0.15, -0.1) is 35.5 Å². The lowest BCUT2D eigenvalue weighted by Crippen LogP contribution is -2.71. The van der Waals surface area contributed by atoms with Gasteiger partial charge >= 0.3 is 11.9 Å². The molecule has 1 aromatic heterocycles. The maximum absolute atomic E-state index is 12.9. The zero-order valence-corrected chi connectivity index (χ0v) is 22.1. The number of esters is 2. The minimum Gasteiger partial charge on any atom is -0.427 e. The molecule has 15 heteroatoms. The predicted molar refractivity (Wildman–Crippen MR) is 132 cm³/mol. The molecule has 192 valence electrons. The Morgan fingerprint density at radius 1 is 1.31 bits per heavy atom. The lowest BCUT2D eigenvalue weighted by molar-refractivity contribution is -0.173. The average Bonchev–Trinajstić information content (AvgIpc) is 3.20. The number of fused-ring (bicyclic) bond motifs is 1. The number of nitrogens with zero attached hydrogens (tertiary/aromatic N) is 3. The molecular formula is C20H26ClN5O7S2. The molecule has 3 rings (SSSR count). The third-order valence-corrected chi connectivity index (χ3v) is 6.89. The van der Waals surface area contributed by atoms with E-state index < -0.39 is 47.4 Å². The van der Waals surface area contributed by atoms with E-state index in [1.165, 1.54) is 23.8 Å². The molecule has 2 aliphatic heterocycles. The maximum atomic E-state index is 12.9. The summed E-state index contributed by atoms with van der Waals surface area (Å²) in [5.74, 6) is -2.04. The molecule has 0 aromatic carbocycles. The number of oxime groups is 1. The quantitative estimate of drug-likeness (QED) is 0.167. The van der Waals surface area contributed by atoms with E-state index in [0.717, 1.165) is 11.3 Å². The Bertz CT molecular complexity index is 1080. The largest absolute Gasteiger partial charge is 0.427 e. The van der Waals surface area contributed by atoms with Crippen molar-refractivity contribution in [1.29, 1.82) is 0 Å². The van der Waals surface area contributed by atoms with Crippen molar-refractivity contribution in [2.75, 3.05) is 25.4 Å². The molecule has 0 aliphatic carbocycles. The first-order valence-electron chi connectivity index (χ1n) is 10.1. The van der Waals surface area contributed by atoms with Gasteiger partial charge in [-0.2, -0.15) is 0 Å². The van der Waals surface area contributed by atoms with Crippen LogP contribution in [0.15, 0.2) is 21.8 Å². The van der Waals surface area contributed by atoms with E-state index in [0.29, 0.717) is 11.3 Å². The van der Waals surface area contributed by atoms with E-state index in [2.05, 4.69) is 15.5 Å². The molecule has 2 atom stereocenters. The molecule has 0 saturated carbocycles. The van der Waals surface area contributed by atoms with Crippen molar-refractivity contribution < 1.29 is 33.5 Å². The number of hydrogen-bond acceptors (Lipinski definition) is 12. The summed E-state index contributed by atoms with van der Waals surface area (Å²) in [5, 5.41) is 7.60. The topological polar surface area (TPSA) is 163 Å². The number of nitrogen functional groups attached to an aromatic ring is 1. The summed E-state index contributed by atoms with van der Waals surface area (Å²) in [6.45, 7) is 6.15. The molecular weight excluding hydrogens is 522 g/mol. The smallest absolute Gasteiger partial charge is 0.357 e. The molecule has 2 aliphatic rings. The normalized spacial score (nSPS) is 19.7. The molecule has 2 unspecified atom stereocenters. The van der Waals surface area contributed by atoms with Gasteiger partial charge in [-0.25, -0.2) is 9.78 Å². The van der Waals surface area contributed by atoms with Gasteiger partial charge in [0.15, 0.2) is 10.8 Å². The number of anilines is 1. The fourth-order valence-corrected chi connectivity index (χ4v) is 4.93. The Hall–Kier alpha value is -2.84. The number of aromatic nitrogens is 1. The third kappa shape index (κ3) is 6.05. The maximum Gasteiger partial charge on any atom is 0.357 e. The Labute approximate surface area is 216 Å². The van der Waals surface area contributed by atoms with Crippen LogP contribution in [0, 0.1) is 5.41 Å². The van der Waals surface area contributed by atoms with Gasteiger partial charge in [0.05, 0.1) is 5.41 Å². The van der Waals surface area contributed by atoms with E-state index in [9.17, 15) is 19.2 Å². The Balaban J connectivity index is 0.00000432. The van der Waals surface area contributed by atoms with Crippen LogP contribution >= 0.6 is 35.5 Å². The van der Waals surface area contributed by atoms with Gasteiger partial charge in [-0.3, -0.25) is 19.3 Å². The highest BCUT2D eigenvalue weighted by atomic mass is 35.5. The third-order valence-electron chi connectivity index (χ3n) is 4.79. The van der Waals surface area contributed by atoms with Crippen LogP contribution in [0.2, 0.25) is 0 Å².